The average Bonchev–Trinajstić information content (AvgIpc) is 3.51. The summed E-state index contributed by atoms with van der Waals surface area (Å²) < 4.78 is 34.5. The number of hydrogen-bond acceptors (Lipinski definition) is 4. The van der Waals surface area contributed by atoms with E-state index >= 15 is 0 Å². The molecule has 1 saturated carbocycles. The summed E-state index contributed by atoms with van der Waals surface area (Å²) in [5.41, 5.74) is 3.95. The molecule has 1 aliphatic heterocycles. The number of benzene rings is 2. The zero-order chi connectivity index (χ0) is 20.9. The van der Waals surface area contributed by atoms with Gasteiger partial charge in [0.05, 0.1) is 12.0 Å². The van der Waals surface area contributed by atoms with Crippen molar-refractivity contribution in [2.24, 2.45) is 5.92 Å². The van der Waals surface area contributed by atoms with Crippen LogP contribution in [0.5, 0.6) is 5.75 Å². The highest BCUT2D eigenvalue weighted by atomic mass is 32.2. The third kappa shape index (κ3) is 3.50. The Hall–Kier alpha value is -2.38. The molecule has 2 aromatic rings. The smallest absolute Gasteiger partial charge is 0.241 e. The predicted octanol–water partition coefficient (Wildman–Crippen LogP) is 3.35. The van der Waals surface area contributed by atoms with Gasteiger partial charge in [-0.05, 0) is 85.5 Å². The molecule has 5 rings (SSSR count). The zero-order valence-corrected chi connectivity index (χ0v) is 17.9. The number of aryl methyl sites for hydroxylation is 1. The Kier molecular flexibility index (Phi) is 4.82. The van der Waals surface area contributed by atoms with E-state index in [0.717, 1.165) is 60.2 Å². The number of anilines is 1. The molecule has 0 spiro atoms. The maximum absolute atomic E-state index is 13.2. The van der Waals surface area contributed by atoms with Crippen LogP contribution < -0.4 is 14.4 Å². The van der Waals surface area contributed by atoms with Crippen molar-refractivity contribution in [2.75, 3.05) is 18.6 Å². The lowest BCUT2D eigenvalue weighted by Crippen LogP contribution is -2.31. The highest BCUT2D eigenvalue weighted by Crippen LogP contribution is 2.38. The Balaban J connectivity index is 1.39. The summed E-state index contributed by atoms with van der Waals surface area (Å²) in [6.07, 6.45) is 5.26. The molecule has 0 aromatic heterocycles. The molecule has 1 unspecified atom stereocenters. The van der Waals surface area contributed by atoms with E-state index in [9.17, 15) is 13.2 Å². The van der Waals surface area contributed by atoms with Gasteiger partial charge in [-0.2, -0.15) is 0 Å². The van der Waals surface area contributed by atoms with Gasteiger partial charge >= 0.3 is 0 Å². The van der Waals surface area contributed by atoms with Gasteiger partial charge in [0.15, 0.2) is 0 Å². The van der Waals surface area contributed by atoms with Gasteiger partial charge in [0.25, 0.3) is 0 Å². The number of carbonyl (C=O) groups is 1. The fourth-order valence-corrected chi connectivity index (χ4v) is 5.92. The topological polar surface area (TPSA) is 75.7 Å². The van der Waals surface area contributed by atoms with Gasteiger partial charge < -0.3 is 9.64 Å². The fourth-order valence-electron chi connectivity index (χ4n) is 4.62. The third-order valence-electron chi connectivity index (χ3n) is 6.41. The van der Waals surface area contributed by atoms with Gasteiger partial charge in [0.1, 0.15) is 5.75 Å². The lowest BCUT2D eigenvalue weighted by molar-refractivity contribution is -0.119. The van der Waals surface area contributed by atoms with Crippen LogP contribution in [-0.2, 0) is 27.7 Å². The number of rotatable bonds is 5. The van der Waals surface area contributed by atoms with E-state index < -0.39 is 10.0 Å². The second-order valence-electron chi connectivity index (χ2n) is 8.44. The number of fused-ring (bicyclic) bond motifs is 2. The largest absolute Gasteiger partial charge is 0.497 e. The number of ether oxygens (including phenoxy) is 1. The minimum absolute atomic E-state index is 0.158. The maximum Gasteiger partial charge on any atom is 0.241 e. The summed E-state index contributed by atoms with van der Waals surface area (Å²) in [7, 11) is -2.03. The average molecular weight is 427 g/mol. The van der Waals surface area contributed by atoms with Gasteiger partial charge in [-0.3, -0.25) is 4.79 Å². The van der Waals surface area contributed by atoms with Gasteiger partial charge in [-0.1, -0.05) is 6.07 Å². The lowest BCUT2D eigenvalue weighted by Gasteiger charge is -2.26. The van der Waals surface area contributed by atoms with Gasteiger partial charge in [0, 0.05) is 24.2 Å². The van der Waals surface area contributed by atoms with Crippen molar-refractivity contribution in [3.8, 4) is 5.75 Å². The number of hydrogen-bond donors (Lipinski definition) is 1. The molecule has 30 heavy (non-hydrogen) atoms. The molecule has 0 saturated heterocycles. The predicted molar refractivity (Wildman–Crippen MR) is 114 cm³/mol. The van der Waals surface area contributed by atoms with Crippen LogP contribution >= 0.6 is 0 Å². The van der Waals surface area contributed by atoms with E-state index in [0.29, 0.717) is 13.0 Å². The Morgan fingerprint density at radius 3 is 2.67 bits per heavy atom. The molecule has 0 bridgehead atoms. The van der Waals surface area contributed by atoms with Gasteiger partial charge in [0.2, 0.25) is 15.9 Å². The first-order valence-electron chi connectivity index (χ1n) is 10.6. The summed E-state index contributed by atoms with van der Waals surface area (Å²) >= 11 is 0. The van der Waals surface area contributed by atoms with Crippen LogP contribution in [0.15, 0.2) is 41.3 Å². The molecular weight excluding hydrogens is 400 g/mol. The molecule has 1 atom stereocenters. The third-order valence-corrected chi connectivity index (χ3v) is 7.88. The summed E-state index contributed by atoms with van der Waals surface area (Å²) in [6, 6.07) is 10.7. The van der Waals surface area contributed by atoms with Crippen molar-refractivity contribution in [2.45, 2.75) is 49.5 Å². The Bertz CT molecular complexity index is 1110. The number of nitrogens with one attached hydrogen (secondary N) is 1. The molecule has 1 amide bonds. The maximum atomic E-state index is 13.2. The molecule has 3 aliphatic rings. The van der Waals surface area contributed by atoms with Crippen LogP contribution in [0.3, 0.4) is 0 Å². The van der Waals surface area contributed by atoms with Crippen LogP contribution in [0, 0.1) is 5.92 Å². The fraction of sp³-hybridized carbons (Fsp3) is 0.435. The van der Waals surface area contributed by atoms with Crippen molar-refractivity contribution >= 4 is 21.6 Å². The quantitative estimate of drug-likeness (QED) is 0.796. The molecule has 1 N–H and O–H groups in total. The van der Waals surface area contributed by atoms with Crippen molar-refractivity contribution in [3.05, 3.63) is 53.1 Å². The van der Waals surface area contributed by atoms with Gasteiger partial charge in [-0.15, -0.1) is 0 Å². The van der Waals surface area contributed by atoms with Crippen LogP contribution in [0.25, 0.3) is 0 Å². The molecule has 2 aliphatic carbocycles. The standard InChI is InChI=1S/C23H26N2O4S/c1-29-18-7-9-20-16(13-18)3-2-4-21(20)24-30(27,28)19-8-10-22-17(14-19)11-12-25(22)23(26)15-5-6-15/h7-10,13-15,21,24H,2-6,11-12H2,1H3. The minimum Gasteiger partial charge on any atom is -0.497 e. The second-order valence-corrected chi connectivity index (χ2v) is 10.1. The second kappa shape index (κ2) is 7.39. The van der Waals surface area contributed by atoms with E-state index in [1.165, 1.54) is 0 Å². The first-order chi connectivity index (χ1) is 14.5. The van der Waals surface area contributed by atoms with Crippen LogP contribution in [0.1, 0.15) is 48.4 Å². The van der Waals surface area contributed by atoms with E-state index in [1.807, 2.05) is 23.1 Å². The van der Waals surface area contributed by atoms with Crippen molar-refractivity contribution in [1.29, 1.82) is 0 Å². The van der Waals surface area contributed by atoms with Crippen molar-refractivity contribution < 1.29 is 17.9 Å². The molecule has 1 heterocycles. The van der Waals surface area contributed by atoms with E-state index in [1.54, 1.807) is 25.3 Å². The molecule has 6 nitrogen and oxygen atoms in total. The molecular formula is C23H26N2O4S. The summed E-state index contributed by atoms with van der Waals surface area (Å²) in [5, 5.41) is 0. The lowest BCUT2D eigenvalue weighted by atomic mass is 9.88. The van der Waals surface area contributed by atoms with Crippen LogP contribution in [0.2, 0.25) is 0 Å². The Labute approximate surface area is 177 Å². The first-order valence-corrected chi connectivity index (χ1v) is 12.1. The van der Waals surface area contributed by atoms with Crippen molar-refractivity contribution in [1.82, 2.24) is 4.72 Å². The van der Waals surface area contributed by atoms with E-state index in [2.05, 4.69) is 4.72 Å². The molecule has 7 heteroatoms. The zero-order valence-electron chi connectivity index (χ0n) is 17.1. The highest BCUT2D eigenvalue weighted by molar-refractivity contribution is 7.89. The summed E-state index contributed by atoms with van der Waals surface area (Å²) in [4.78, 5) is 14.6. The van der Waals surface area contributed by atoms with Gasteiger partial charge in [-0.25, -0.2) is 13.1 Å². The van der Waals surface area contributed by atoms with Crippen LogP contribution in [0.4, 0.5) is 5.69 Å². The van der Waals surface area contributed by atoms with Crippen LogP contribution in [-0.4, -0.2) is 28.0 Å². The number of methoxy groups -OCH3 is 1. The number of amides is 1. The Morgan fingerprint density at radius 2 is 1.90 bits per heavy atom. The number of carbonyl (C=O) groups excluding carboxylic acids is 1. The first kappa shape index (κ1) is 19.6. The van der Waals surface area contributed by atoms with Crippen molar-refractivity contribution in [3.63, 3.8) is 0 Å². The summed E-state index contributed by atoms with van der Waals surface area (Å²) in [6.45, 7) is 0.638. The highest BCUT2D eigenvalue weighted by Gasteiger charge is 2.37. The van der Waals surface area contributed by atoms with E-state index in [-0.39, 0.29) is 22.8 Å². The number of nitrogens with zero attached hydrogens (tertiary/aromatic N) is 1. The minimum atomic E-state index is -3.67. The SMILES string of the molecule is COc1ccc2c(c1)CCCC2NS(=O)(=O)c1ccc2c(c1)CCN2C(=O)C1CC1. The Morgan fingerprint density at radius 1 is 1.07 bits per heavy atom. The summed E-state index contributed by atoms with van der Waals surface area (Å²) in [5.74, 6) is 1.13. The normalized spacial score (nSPS) is 20.6. The number of sulfonamides is 1. The van der Waals surface area contributed by atoms with E-state index in [4.69, 9.17) is 4.74 Å². The molecule has 0 radical (unpaired) electrons. The molecule has 1 fully saturated rings. The molecule has 2 aromatic carbocycles. The molecule has 158 valence electrons. The monoisotopic (exact) mass is 426 g/mol.